The van der Waals surface area contributed by atoms with E-state index in [4.69, 9.17) is 4.74 Å². The molecule has 0 N–H and O–H groups in total. The Hall–Kier alpha value is -5.30. The van der Waals surface area contributed by atoms with Crippen LogP contribution in [-0.4, -0.2) is 53.7 Å². The molecule has 0 bridgehead atoms. The van der Waals surface area contributed by atoms with Crippen molar-refractivity contribution in [3.63, 3.8) is 0 Å². The van der Waals surface area contributed by atoms with Crippen LogP contribution in [0.5, 0.6) is 0 Å². The molecule has 13 nitrogen and oxygen atoms in total. The van der Waals surface area contributed by atoms with Crippen LogP contribution in [0.1, 0.15) is 47.3 Å². The lowest BCUT2D eigenvalue weighted by Gasteiger charge is -2.32. The number of carbonyl (C=O) groups is 1. The van der Waals surface area contributed by atoms with Gasteiger partial charge in [0.25, 0.3) is 17.2 Å². The minimum atomic E-state index is -0.607. The number of fused-ring (bicyclic) bond motifs is 2. The van der Waals surface area contributed by atoms with Crippen LogP contribution in [0.4, 0.5) is 5.69 Å². The molecule has 47 heavy (non-hydrogen) atoms. The van der Waals surface area contributed by atoms with Crippen molar-refractivity contribution in [1.29, 1.82) is 0 Å². The molecule has 0 unspecified atom stereocenters. The van der Waals surface area contributed by atoms with Gasteiger partial charge in [0.1, 0.15) is 5.56 Å². The molecule has 1 saturated heterocycles. The number of aromatic nitrogens is 4. The van der Waals surface area contributed by atoms with E-state index in [-0.39, 0.29) is 48.7 Å². The number of likely N-dealkylation sites (tertiary alicyclic amines) is 1. The van der Waals surface area contributed by atoms with Gasteiger partial charge in [-0.25, -0.2) is 9.59 Å². The molecule has 0 saturated carbocycles. The Balaban J connectivity index is 1.27. The number of nitrogens with zero attached hydrogens (tertiary/aromatic N) is 6. The zero-order valence-electron chi connectivity index (χ0n) is 26.5. The standard InChI is InChI=1S/C34H36N6O7/c1-4-37-30-20-28(40(45)46)26(19-29(30)38(34(37)44)16-17-47-21-23-8-6-5-7-9-23)31(41)36-14-12-24(13-15-36)39-32(42)25-18-22(2)10-11-27(25)35(3)33(39)43/h5-11,18-20,24H,4,12-17,21H2,1-3H3. The maximum absolute atomic E-state index is 13.9. The SMILES string of the molecule is CCn1c(=O)n(CCOCc2ccccc2)c2cc(C(=O)N3CCC(n4c(=O)c5cc(C)ccc5n(C)c4=O)CC3)c([N+](=O)[O-])cc21. The fourth-order valence-corrected chi connectivity index (χ4v) is 6.53. The van der Waals surface area contributed by atoms with Gasteiger partial charge in [-0.3, -0.25) is 38.0 Å². The Labute approximate surface area is 269 Å². The van der Waals surface area contributed by atoms with Crippen LogP contribution in [-0.2, 0) is 31.5 Å². The summed E-state index contributed by atoms with van der Waals surface area (Å²) in [6.45, 7) is 5.11. The van der Waals surface area contributed by atoms with E-state index in [0.717, 1.165) is 11.1 Å². The van der Waals surface area contributed by atoms with Crippen molar-refractivity contribution in [2.24, 2.45) is 7.05 Å². The molecule has 1 aliphatic rings. The molecular weight excluding hydrogens is 604 g/mol. The van der Waals surface area contributed by atoms with Gasteiger partial charge in [0.2, 0.25) is 0 Å². The van der Waals surface area contributed by atoms with Crippen LogP contribution >= 0.6 is 0 Å². The summed E-state index contributed by atoms with van der Waals surface area (Å²) < 4.78 is 11.5. The summed E-state index contributed by atoms with van der Waals surface area (Å²) in [4.78, 5) is 67.0. The Morgan fingerprint density at radius 3 is 2.32 bits per heavy atom. The minimum Gasteiger partial charge on any atom is -0.375 e. The van der Waals surface area contributed by atoms with E-state index in [1.807, 2.05) is 43.3 Å². The molecule has 3 aromatic carbocycles. The molecule has 1 aliphatic heterocycles. The van der Waals surface area contributed by atoms with Crippen molar-refractivity contribution in [2.75, 3.05) is 19.7 Å². The van der Waals surface area contributed by atoms with Crippen LogP contribution in [0.2, 0.25) is 0 Å². The first-order valence-corrected chi connectivity index (χ1v) is 15.6. The summed E-state index contributed by atoms with van der Waals surface area (Å²) in [6.07, 6.45) is 0.647. The summed E-state index contributed by atoms with van der Waals surface area (Å²) in [5, 5.41) is 12.7. The van der Waals surface area contributed by atoms with Crippen molar-refractivity contribution >= 4 is 33.5 Å². The number of amides is 1. The zero-order chi connectivity index (χ0) is 33.4. The van der Waals surface area contributed by atoms with E-state index in [1.165, 1.54) is 35.3 Å². The number of benzene rings is 3. The summed E-state index contributed by atoms with van der Waals surface area (Å²) in [7, 11) is 1.63. The van der Waals surface area contributed by atoms with Crippen LogP contribution in [0.15, 0.2) is 75.0 Å². The second kappa shape index (κ2) is 12.8. The van der Waals surface area contributed by atoms with E-state index in [2.05, 4.69) is 0 Å². The number of nitro benzene ring substituents is 1. The molecule has 1 amide bonds. The molecule has 1 fully saturated rings. The minimum absolute atomic E-state index is 0.123. The number of hydrogen-bond acceptors (Lipinski definition) is 7. The van der Waals surface area contributed by atoms with Gasteiger partial charge in [-0.05, 0) is 50.5 Å². The first-order valence-electron chi connectivity index (χ1n) is 15.6. The Morgan fingerprint density at radius 1 is 0.936 bits per heavy atom. The monoisotopic (exact) mass is 640 g/mol. The third kappa shape index (κ3) is 5.78. The number of ether oxygens (including phenoxy) is 1. The first-order chi connectivity index (χ1) is 22.6. The molecule has 0 aliphatic carbocycles. The fourth-order valence-electron chi connectivity index (χ4n) is 6.53. The average molecular weight is 641 g/mol. The number of nitro groups is 1. The van der Waals surface area contributed by atoms with Crippen molar-refractivity contribution in [3.05, 3.63) is 119 Å². The molecule has 0 radical (unpaired) electrons. The van der Waals surface area contributed by atoms with Crippen molar-refractivity contribution in [1.82, 2.24) is 23.2 Å². The van der Waals surface area contributed by atoms with Gasteiger partial charge < -0.3 is 9.64 Å². The molecule has 5 aromatic rings. The largest absolute Gasteiger partial charge is 0.375 e. The fraction of sp³-hybridized carbons (Fsp3) is 0.353. The van der Waals surface area contributed by atoms with E-state index in [0.29, 0.717) is 47.9 Å². The van der Waals surface area contributed by atoms with E-state index in [1.54, 1.807) is 26.1 Å². The van der Waals surface area contributed by atoms with Gasteiger partial charge >= 0.3 is 11.4 Å². The van der Waals surface area contributed by atoms with Gasteiger partial charge in [0.15, 0.2) is 0 Å². The van der Waals surface area contributed by atoms with Crippen molar-refractivity contribution in [3.8, 4) is 0 Å². The van der Waals surface area contributed by atoms with Gasteiger partial charge in [0.05, 0.1) is 46.6 Å². The normalized spacial score (nSPS) is 13.9. The smallest absolute Gasteiger partial charge is 0.331 e. The predicted molar refractivity (Wildman–Crippen MR) is 177 cm³/mol. The number of hydrogen-bond donors (Lipinski definition) is 0. The molecule has 6 rings (SSSR count). The zero-order valence-corrected chi connectivity index (χ0v) is 26.5. The number of rotatable bonds is 9. The number of aryl methyl sites for hydroxylation is 3. The highest BCUT2D eigenvalue weighted by Crippen LogP contribution is 2.29. The molecule has 3 heterocycles. The number of imidazole rings is 1. The maximum atomic E-state index is 13.9. The highest BCUT2D eigenvalue weighted by molar-refractivity contribution is 6.02. The molecular formula is C34H36N6O7. The summed E-state index contributed by atoms with van der Waals surface area (Å²) in [6, 6.07) is 17.3. The van der Waals surface area contributed by atoms with Crippen LogP contribution < -0.4 is 16.9 Å². The highest BCUT2D eigenvalue weighted by atomic mass is 16.6. The van der Waals surface area contributed by atoms with E-state index >= 15 is 0 Å². The van der Waals surface area contributed by atoms with Crippen LogP contribution in [0.25, 0.3) is 21.9 Å². The van der Waals surface area contributed by atoms with E-state index in [9.17, 15) is 29.3 Å². The third-order valence-electron chi connectivity index (χ3n) is 9.02. The molecule has 13 heteroatoms. The van der Waals surface area contributed by atoms with Gasteiger partial charge in [-0.15, -0.1) is 0 Å². The van der Waals surface area contributed by atoms with Crippen LogP contribution in [0, 0.1) is 17.0 Å². The summed E-state index contributed by atoms with van der Waals surface area (Å²) in [5.74, 6) is -0.546. The van der Waals surface area contributed by atoms with Gasteiger partial charge in [-0.2, -0.15) is 0 Å². The average Bonchev–Trinajstić information content (AvgIpc) is 3.34. The lowest BCUT2D eigenvalue weighted by Crippen LogP contribution is -2.46. The maximum Gasteiger partial charge on any atom is 0.331 e. The van der Waals surface area contributed by atoms with Gasteiger partial charge in [-0.1, -0.05) is 42.0 Å². The Bertz CT molecular complexity index is 2190. The quantitative estimate of drug-likeness (QED) is 0.136. The highest BCUT2D eigenvalue weighted by Gasteiger charge is 2.32. The van der Waals surface area contributed by atoms with E-state index < -0.39 is 22.6 Å². The topological polar surface area (TPSA) is 144 Å². The number of piperidine rings is 1. The second-order valence-electron chi connectivity index (χ2n) is 11.9. The summed E-state index contributed by atoms with van der Waals surface area (Å²) in [5.41, 5.74) is 1.56. The van der Waals surface area contributed by atoms with Gasteiger partial charge in [0, 0.05) is 38.8 Å². The van der Waals surface area contributed by atoms with Crippen LogP contribution in [0.3, 0.4) is 0 Å². The lowest BCUT2D eigenvalue weighted by molar-refractivity contribution is -0.385. The van der Waals surface area contributed by atoms with Crippen molar-refractivity contribution < 1.29 is 14.5 Å². The third-order valence-corrected chi connectivity index (χ3v) is 9.02. The summed E-state index contributed by atoms with van der Waals surface area (Å²) >= 11 is 0. The first kappa shape index (κ1) is 31.7. The number of carbonyl (C=O) groups excluding carboxylic acids is 1. The predicted octanol–water partition coefficient (Wildman–Crippen LogP) is 3.75. The second-order valence-corrected chi connectivity index (χ2v) is 11.9. The molecule has 244 valence electrons. The Morgan fingerprint density at radius 2 is 1.64 bits per heavy atom. The lowest BCUT2D eigenvalue weighted by atomic mass is 10.0. The molecule has 2 aromatic heterocycles. The Kier molecular flexibility index (Phi) is 8.65. The molecule has 0 atom stereocenters. The van der Waals surface area contributed by atoms with Crippen molar-refractivity contribution in [2.45, 2.75) is 52.4 Å². The molecule has 0 spiro atoms.